The maximum absolute atomic E-state index is 11.8. The normalized spacial score (nSPS) is 26.2. The molecule has 2 aliphatic heterocycles. The lowest BCUT2D eigenvalue weighted by Gasteiger charge is -2.43. The molecule has 0 radical (unpaired) electrons. The Morgan fingerprint density at radius 3 is 1.41 bits per heavy atom. The lowest BCUT2D eigenvalue weighted by atomic mass is 9.87. The maximum Gasteiger partial charge on any atom is 0.213 e. The molecule has 1 aromatic heterocycles. The molecule has 8 rings (SSSR count). The highest BCUT2D eigenvalue weighted by atomic mass is 16.5. The molecular formula is C66H117N7O5. The van der Waals surface area contributed by atoms with Gasteiger partial charge in [0.05, 0.1) is 31.0 Å². The molecule has 4 saturated carbocycles. The zero-order valence-corrected chi connectivity index (χ0v) is 52.9. The zero-order valence-electron chi connectivity index (χ0n) is 52.9. The van der Waals surface area contributed by atoms with Crippen LogP contribution >= 0.6 is 0 Å². The maximum atomic E-state index is 11.8. The van der Waals surface area contributed by atoms with Gasteiger partial charge in [0, 0.05) is 98.2 Å². The lowest BCUT2D eigenvalue weighted by Crippen LogP contribution is -2.53. The molecule has 0 unspecified atom stereocenters. The number of aromatic nitrogens is 1. The molecule has 1 aromatic carbocycles. The number of hydrogen-bond donors (Lipinski definition) is 4. The van der Waals surface area contributed by atoms with Gasteiger partial charge >= 0.3 is 0 Å². The van der Waals surface area contributed by atoms with E-state index >= 15 is 0 Å². The molecule has 78 heavy (non-hydrogen) atoms. The minimum Gasteiger partial charge on any atom is -0.490 e. The summed E-state index contributed by atoms with van der Waals surface area (Å²) in [5.74, 6) is 4.16. The van der Waals surface area contributed by atoms with Crippen LogP contribution in [0.15, 0.2) is 42.6 Å². The van der Waals surface area contributed by atoms with Crippen LogP contribution in [0.5, 0.6) is 11.6 Å². The fourth-order valence-corrected chi connectivity index (χ4v) is 11.4. The van der Waals surface area contributed by atoms with Gasteiger partial charge in [0.1, 0.15) is 23.7 Å². The Morgan fingerprint density at radius 1 is 0.551 bits per heavy atom. The van der Waals surface area contributed by atoms with Crippen molar-refractivity contribution in [3.63, 3.8) is 0 Å². The van der Waals surface area contributed by atoms with Gasteiger partial charge in [-0.25, -0.2) is 4.98 Å². The van der Waals surface area contributed by atoms with Crippen LogP contribution < -0.4 is 30.7 Å². The number of likely N-dealkylation sites (tertiary alicyclic amines) is 2. The Morgan fingerprint density at radius 2 is 0.987 bits per heavy atom. The number of carbonyl (C=O) groups is 1. The van der Waals surface area contributed by atoms with Crippen LogP contribution in [-0.4, -0.2) is 144 Å². The van der Waals surface area contributed by atoms with Gasteiger partial charge in [-0.05, 0) is 166 Å². The molecule has 2 aromatic rings. The minimum atomic E-state index is 0.149. The third-order valence-electron chi connectivity index (χ3n) is 15.8. The van der Waals surface area contributed by atoms with Crippen LogP contribution in [0.25, 0.3) is 0 Å². The number of pyridine rings is 1. The first kappa shape index (κ1) is 66.1. The smallest absolute Gasteiger partial charge is 0.213 e. The molecule has 12 heteroatoms. The molecule has 6 fully saturated rings. The average Bonchev–Trinajstić information content (AvgIpc) is 3.29. The summed E-state index contributed by atoms with van der Waals surface area (Å²) in [5.41, 5.74) is 3.07. The number of ketones is 1. The number of hydrogen-bond acceptors (Lipinski definition) is 12. The average molecular weight is 1090 g/mol. The largest absolute Gasteiger partial charge is 0.490 e. The number of carbonyl (C=O) groups excluding carboxylic acids is 1. The van der Waals surface area contributed by atoms with Crippen molar-refractivity contribution in [1.29, 1.82) is 0 Å². The van der Waals surface area contributed by atoms with Crippen molar-refractivity contribution < 1.29 is 23.7 Å². The molecule has 3 heterocycles. The number of nitrogens with one attached hydrogen (secondary N) is 4. The Bertz CT molecular complexity index is 1900. The second-order valence-corrected chi connectivity index (χ2v) is 28.4. The van der Waals surface area contributed by atoms with Gasteiger partial charge in [-0.1, -0.05) is 95.2 Å². The summed E-state index contributed by atoms with van der Waals surface area (Å²) in [7, 11) is 0. The number of ether oxygens (including phenoxy) is 4. The highest BCUT2D eigenvalue weighted by molar-refractivity contribution is 5.82. The third-order valence-corrected chi connectivity index (χ3v) is 15.8. The Labute approximate surface area is 477 Å². The highest BCUT2D eigenvalue weighted by Gasteiger charge is 2.37. The summed E-state index contributed by atoms with van der Waals surface area (Å²) in [6.45, 7) is 45.8. The molecule has 446 valence electrons. The van der Waals surface area contributed by atoms with Gasteiger partial charge in [0.2, 0.25) is 5.88 Å². The van der Waals surface area contributed by atoms with E-state index in [2.05, 4.69) is 183 Å². The summed E-state index contributed by atoms with van der Waals surface area (Å²) < 4.78 is 24.4. The van der Waals surface area contributed by atoms with Gasteiger partial charge in [0.25, 0.3) is 0 Å². The van der Waals surface area contributed by atoms with Crippen LogP contribution in [0.1, 0.15) is 225 Å². The Balaban J connectivity index is 0.000000192. The second kappa shape index (κ2) is 31.7. The summed E-state index contributed by atoms with van der Waals surface area (Å²) in [5, 5.41) is 14.4. The monoisotopic (exact) mass is 1090 g/mol. The Hall–Kier alpha value is -2.68. The quantitative estimate of drug-likeness (QED) is 0.0952. The molecule has 0 bridgehead atoms. The SMILES string of the molecule is CC(C)C(=O)CN1CCC(OC2CC(NC(C)(C)C)C2)CC1.CC(C)CN1CCC(OC2CC(NC(C)(C)C)C2)CC1.CC(C)NC1CC(Oc2cc(C(C)C)ccn2)C1.CC(C)NC1CC(Oc2cccc(C(C)C)c2)C1. The molecule has 4 aliphatic carbocycles. The fraction of sp³-hybridized carbons (Fsp3) is 0.818. The van der Waals surface area contributed by atoms with E-state index in [-0.39, 0.29) is 17.0 Å². The number of rotatable bonds is 21. The van der Waals surface area contributed by atoms with Crippen molar-refractivity contribution >= 4 is 5.78 Å². The van der Waals surface area contributed by atoms with Crippen molar-refractivity contribution in [2.24, 2.45) is 11.8 Å². The number of piperidine rings is 2. The molecule has 0 atom stereocenters. The van der Waals surface area contributed by atoms with Crippen LogP contribution in [0.2, 0.25) is 0 Å². The van der Waals surface area contributed by atoms with Gasteiger partial charge in [-0.3, -0.25) is 9.69 Å². The number of benzene rings is 1. The molecule has 2 saturated heterocycles. The van der Waals surface area contributed by atoms with Crippen molar-refractivity contribution in [2.75, 3.05) is 39.3 Å². The predicted molar refractivity (Wildman–Crippen MR) is 325 cm³/mol. The second-order valence-electron chi connectivity index (χ2n) is 28.4. The fourth-order valence-electron chi connectivity index (χ4n) is 11.4. The summed E-state index contributed by atoms with van der Waals surface area (Å²) in [6.07, 6.45) is 18.1. The molecular weight excluding hydrogens is 971 g/mol. The van der Waals surface area contributed by atoms with E-state index in [0.29, 0.717) is 97.0 Å². The van der Waals surface area contributed by atoms with Crippen LogP contribution in [0, 0.1) is 11.8 Å². The first-order valence-corrected chi connectivity index (χ1v) is 31.4. The van der Waals surface area contributed by atoms with Crippen molar-refractivity contribution in [1.82, 2.24) is 36.1 Å². The van der Waals surface area contributed by atoms with E-state index in [4.69, 9.17) is 18.9 Å². The molecule has 0 amide bonds. The first-order valence-electron chi connectivity index (χ1n) is 31.4. The summed E-state index contributed by atoms with van der Waals surface area (Å²) in [6, 6.07) is 16.3. The number of Topliss-reactive ketones (excluding diaryl/α,β-unsaturated/α-hetero) is 1. The third kappa shape index (κ3) is 25.2. The zero-order chi connectivity index (χ0) is 57.3. The van der Waals surface area contributed by atoms with Gasteiger partial charge in [-0.15, -0.1) is 0 Å². The molecule has 0 spiro atoms. The van der Waals surface area contributed by atoms with E-state index < -0.39 is 0 Å². The van der Waals surface area contributed by atoms with E-state index in [1.165, 1.54) is 56.4 Å². The van der Waals surface area contributed by atoms with Gasteiger partial charge in [-0.2, -0.15) is 0 Å². The van der Waals surface area contributed by atoms with E-state index in [1.807, 2.05) is 20.0 Å². The minimum absolute atomic E-state index is 0.149. The standard InChI is InChI=1S/C18H34N2O2.C17H34N2O.C16H25NO.C15H24N2O/c1-13(2)17(21)12-20-8-6-15(7-9-20)22-16-10-14(11-16)19-18(3,4)5;1-13(2)12-19-8-6-15(7-9-19)20-16-10-14(11-16)18-17(3,4)5;1-11(2)13-6-5-7-15(8-13)18-16-9-14(10-16)17-12(3)4;1-10(2)12-5-6-16-15(7-12)18-14-8-13(9-14)17-11(3)4/h13-16,19H,6-12H2,1-5H3;13-16,18H,6-12H2,1-5H3;5-8,11-12,14,16-17H,9-10H2,1-4H3;5-7,10-11,13-14,17H,8-9H2,1-4H3. The van der Waals surface area contributed by atoms with Crippen molar-refractivity contribution in [2.45, 2.75) is 297 Å². The topological polar surface area (TPSA) is 121 Å². The number of nitrogens with zero attached hydrogens (tertiary/aromatic N) is 3. The molecule has 6 aliphatic rings. The van der Waals surface area contributed by atoms with Crippen LogP contribution in [0.3, 0.4) is 0 Å². The summed E-state index contributed by atoms with van der Waals surface area (Å²) in [4.78, 5) is 21.0. The molecule has 12 nitrogen and oxygen atoms in total. The summed E-state index contributed by atoms with van der Waals surface area (Å²) >= 11 is 0. The predicted octanol–water partition coefficient (Wildman–Crippen LogP) is 12.5. The first-order chi connectivity index (χ1) is 36.6. The highest BCUT2D eigenvalue weighted by Crippen LogP contribution is 2.32. The van der Waals surface area contributed by atoms with Crippen molar-refractivity contribution in [3.05, 3.63) is 53.7 Å². The Kier molecular flexibility index (Phi) is 26.8. The van der Waals surface area contributed by atoms with Gasteiger partial charge < -0.3 is 45.1 Å². The molecule has 4 N–H and O–H groups in total. The van der Waals surface area contributed by atoms with E-state index in [1.54, 1.807) is 0 Å². The lowest BCUT2D eigenvalue weighted by molar-refractivity contribution is -0.124. The van der Waals surface area contributed by atoms with Crippen LogP contribution in [0.4, 0.5) is 0 Å². The van der Waals surface area contributed by atoms with Crippen LogP contribution in [-0.2, 0) is 14.3 Å². The van der Waals surface area contributed by atoms with E-state index in [0.717, 1.165) is 82.0 Å². The van der Waals surface area contributed by atoms with E-state index in [9.17, 15) is 4.79 Å². The van der Waals surface area contributed by atoms with Crippen molar-refractivity contribution in [3.8, 4) is 11.6 Å². The van der Waals surface area contributed by atoms with Gasteiger partial charge in [0.15, 0.2) is 0 Å².